The molecule has 132 valence electrons. The van der Waals surface area contributed by atoms with Gasteiger partial charge < -0.3 is 5.32 Å². The minimum absolute atomic E-state index is 0.0964. The van der Waals surface area contributed by atoms with Gasteiger partial charge in [0.1, 0.15) is 17.9 Å². The van der Waals surface area contributed by atoms with Crippen LogP contribution >= 0.6 is 11.3 Å². The number of benzene rings is 1. The third-order valence-electron chi connectivity index (χ3n) is 4.37. The van der Waals surface area contributed by atoms with E-state index in [0.717, 1.165) is 15.8 Å². The van der Waals surface area contributed by atoms with Gasteiger partial charge in [-0.05, 0) is 36.9 Å². The minimum Gasteiger partial charge on any atom is -0.350 e. The highest BCUT2D eigenvalue weighted by Crippen LogP contribution is 2.24. The number of aryl methyl sites for hydroxylation is 2. The van der Waals surface area contributed by atoms with Crippen LogP contribution in [0.4, 0.5) is 0 Å². The Kier molecular flexibility index (Phi) is 4.08. The molecule has 4 rings (SSSR count). The molecule has 3 heterocycles. The van der Waals surface area contributed by atoms with Gasteiger partial charge in [-0.15, -0.1) is 11.3 Å². The van der Waals surface area contributed by atoms with Crippen LogP contribution < -0.4 is 10.9 Å². The van der Waals surface area contributed by atoms with Crippen molar-refractivity contribution in [2.24, 2.45) is 0 Å². The molecule has 0 unspecified atom stereocenters. The van der Waals surface area contributed by atoms with E-state index < -0.39 is 0 Å². The highest BCUT2D eigenvalue weighted by atomic mass is 32.1. The van der Waals surface area contributed by atoms with Crippen LogP contribution in [0.5, 0.6) is 0 Å². The fourth-order valence-electron chi connectivity index (χ4n) is 3.03. The van der Waals surface area contributed by atoms with E-state index in [9.17, 15) is 9.59 Å². The zero-order chi connectivity index (χ0) is 18.3. The van der Waals surface area contributed by atoms with Gasteiger partial charge >= 0.3 is 0 Å². The number of nitrogens with one attached hydrogen (secondary N) is 1. The van der Waals surface area contributed by atoms with Crippen LogP contribution in [0, 0.1) is 13.8 Å². The minimum atomic E-state index is -0.260. The summed E-state index contributed by atoms with van der Waals surface area (Å²) in [5, 5.41) is 9.15. The Morgan fingerprint density at radius 2 is 1.92 bits per heavy atom. The lowest BCUT2D eigenvalue weighted by atomic mass is 10.1. The molecule has 1 N–H and O–H groups in total. The third-order valence-corrected chi connectivity index (χ3v) is 5.22. The molecule has 1 aromatic carbocycles. The molecule has 6 nitrogen and oxygen atoms in total. The van der Waals surface area contributed by atoms with E-state index >= 15 is 0 Å². The number of carbonyl (C=O) groups is 1. The number of carbonyl (C=O) groups excluding carboxylic acids is 1. The maximum absolute atomic E-state index is 12.7. The molecule has 0 saturated heterocycles. The zero-order valence-corrected chi connectivity index (χ0v) is 15.3. The molecule has 7 heteroatoms. The molecule has 1 amide bonds. The molecule has 0 aliphatic rings. The summed E-state index contributed by atoms with van der Waals surface area (Å²) in [4.78, 5) is 25.0. The SMILES string of the molecule is Cc1ccc(CNC(=O)Cn2nc(C)n3c(cc4sccc43)c2=O)cc1. The Hall–Kier alpha value is -2.93. The van der Waals surface area contributed by atoms with Crippen molar-refractivity contribution in [2.45, 2.75) is 26.9 Å². The zero-order valence-electron chi connectivity index (χ0n) is 14.5. The smallest absolute Gasteiger partial charge is 0.291 e. The molecule has 0 radical (unpaired) electrons. The number of hydrogen-bond donors (Lipinski definition) is 1. The van der Waals surface area contributed by atoms with E-state index in [1.807, 2.05) is 60.0 Å². The summed E-state index contributed by atoms with van der Waals surface area (Å²) < 4.78 is 4.11. The van der Waals surface area contributed by atoms with Crippen molar-refractivity contribution in [3.63, 3.8) is 0 Å². The largest absolute Gasteiger partial charge is 0.350 e. The molecule has 0 aliphatic carbocycles. The van der Waals surface area contributed by atoms with E-state index in [0.29, 0.717) is 17.9 Å². The van der Waals surface area contributed by atoms with Gasteiger partial charge in [-0.3, -0.25) is 14.0 Å². The number of rotatable bonds is 4. The molecule has 0 bridgehead atoms. The van der Waals surface area contributed by atoms with Crippen LogP contribution in [0.3, 0.4) is 0 Å². The van der Waals surface area contributed by atoms with Crippen LogP contribution in [0.15, 0.2) is 46.6 Å². The maximum atomic E-state index is 12.7. The normalized spacial score (nSPS) is 11.3. The fourth-order valence-corrected chi connectivity index (χ4v) is 3.84. The van der Waals surface area contributed by atoms with E-state index in [1.54, 1.807) is 11.3 Å². The topological polar surface area (TPSA) is 68.4 Å². The van der Waals surface area contributed by atoms with Gasteiger partial charge in [-0.25, -0.2) is 4.68 Å². The molecule has 0 fully saturated rings. The van der Waals surface area contributed by atoms with Gasteiger partial charge in [0.25, 0.3) is 5.56 Å². The molecule has 0 spiro atoms. The third kappa shape index (κ3) is 2.90. The van der Waals surface area contributed by atoms with Gasteiger partial charge in [-0.1, -0.05) is 29.8 Å². The summed E-state index contributed by atoms with van der Waals surface area (Å²) in [5.41, 5.74) is 3.45. The predicted octanol–water partition coefficient (Wildman–Crippen LogP) is 2.64. The second kappa shape index (κ2) is 6.42. The molecule has 3 aromatic heterocycles. The van der Waals surface area contributed by atoms with Crippen LogP contribution in [-0.4, -0.2) is 20.1 Å². The number of nitrogens with zero attached hydrogens (tertiary/aromatic N) is 3. The predicted molar refractivity (Wildman–Crippen MR) is 103 cm³/mol. The van der Waals surface area contributed by atoms with Crippen molar-refractivity contribution in [1.29, 1.82) is 0 Å². The Morgan fingerprint density at radius 3 is 2.69 bits per heavy atom. The summed E-state index contributed by atoms with van der Waals surface area (Å²) in [5.74, 6) is 0.441. The molecule has 0 aliphatic heterocycles. The van der Waals surface area contributed by atoms with Gasteiger partial charge in [0, 0.05) is 6.54 Å². The molecular formula is C19H18N4O2S. The lowest BCUT2D eigenvalue weighted by Gasteiger charge is -2.09. The standard InChI is InChI=1S/C19H18N4O2S/c1-12-3-5-14(6-4-12)10-20-18(24)11-22-19(25)16-9-17-15(7-8-26-17)23(16)13(2)21-22/h3-9H,10-11H2,1-2H3,(H,20,24). The van der Waals surface area contributed by atoms with Crippen LogP contribution in [0.25, 0.3) is 15.7 Å². The number of thiophene rings is 1. The molecular weight excluding hydrogens is 348 g/mol. The van der Waals surface area contributed by atoms with Crippen molar-refractivity contribution < 1.29 is 4.79 Å². The van der Waals surface area contributed by atoms with E-state index in [-0.39, 0.29) is 18.0 Å². The first-order chi connectivity index (χ1) is 12.5. The number of amides is 1. The van der Waals surface area contributed by atoms with Gasteiger partial charge in [-0.2, -0.15) is 5.10 Å². The Bertz CT molecular complexity index is 1170. The van der Waals surface area contributed by atoms with Gasteiger partial charge in [0.2, 0.25) is 5.91 Å². The number of aromatic nitrogens is 3. The van der Waals surface area contributed by atoms with E-state index in [4.69, 9.17) is 0 Å². The average Bonchev–Trinajstić information content (AvgIpc) is 3.20. The summed E-state index contributed by atoms with van der Waals surface area (Å²) in [6.45, 7) is 4.19. The lowest BCUT2D eigenvalue weighted by molar-refractivity contribution is -0.122. The molecule has 4 aromatic rings. The molecule has 0 saturated carbocycles. The maximum Gasteiger partial charge on any atom is 0.291 e. The molecule has 26 heavy (non-hydrogen) atoms. The first-order valence-corrected chi connectivity index (χ1v) is 9.19. The highest BCUT2D eigenvalue weighted by molar-refractivity contribution is 7.17. The summed E-state index contributed by atoms with van der Waals surface area (Å²) in [6.07, 6.45) is 0. The van der Waals surface area contributed by atoms with Crippen LogP contribution in [0.1, 0.15) is 17.0 Å². The number of hydrogen-bond acceptors (Lipinski definition) is 4. The van der Waals surface area contributed by atoms with Crippen molar-refractivity contribution in [3.8, 4) is 0 Å². The van der Waals surface area contributed by atoms with Crippen molar-refractivity contribution in [2.75, 3.05) is 0 Å². The Morgan fingerprint density at radius 1 is 1.15 bits per heavy atom. The first-order valence-electron chi connectivity index (χ1n) is 8.31. The monoisotopic (exact) mass is 366 g/mol. The van der Waals surface area contributed by atoms with Crippen LogP contribution in [-0.2, 0) is 17.9 Å². The van der Waals surface area contributed by atoms with Crippen molar-refractivity contribution in [1.82, 2.24) is 19.5 Å². The van der Waals surface area contributed by atoms with Crippen molar-refractivity contribution >= 4 is 33.0 Å². The summed E-state index contributed by atoms with van der Waals surface area (Å²) in [6, 6.07) is 11.8. The van der Waals surface area contributed by atoms with E-state index in [2.05, 4.69) is 10.4 Å². The average molecular weight is 366 g/mol. The summed E-state index contributed by atoms with van der Waals surface area (Å²) >= 11 is 1.58. The lowest BCUT2D eigenvalue weighted by Crippen LogP contribution is -2.34. The Balaban J connectivity index is 1.56. The van der Waals surface area contributed by atoms with Gasteiger partial charge in [0.15, 0.2) is 0 Å². The quantitative estimate of drug-likeness (QED) is 0.604. The molecule has 0 atom stereocenters. The van der Waals surface area contributed by atoms with Crippen LogP contribution in [0.2, 0.25) is 0 Å². The highest BCUT2D eigenvalue weighted by Gasteiger charge is 2.14. The second-order valence-corrected chi connectivity index (χ2v) is 7.26. The van der Waals surface area contributed by atoms with Crippen molar-refractivity contribution in [3.05, 3.63) is 69.1 Å². The van der Waals surface area contributed by atoms with E-state index in [1.165, 1.54) is 10.2 Å². The van der Waals surface area contributed by atoms with Gasteiger partial charge in [0.05, 0.1) is 10.2 Å². The first kappa shape index (κ1) is 16.5. The fraction of sp³-hybridized carbons (Fsp3) is 0.211. The Labute approximate surface area is 153 Å². The summed E-state index contributed by atoms with van der Waals surface area (Å²) in [7, 11) is 0. The second-order valence-electron chi connectivity index (χ2n) is 6.31. The number of fused-ring (bicyclic) bond motifs is 3.